The van der Waals surface area contributed by atoms with E-state index in [0.29, 0.717) is 84.1 Å². The minimum absolute atomic E-state index is 0.168. The molecular formula is C52H70N10O14S2. The minimum Gasteiger partial charge on any atom is -0.494 e. The van der Waals surface area contributed by atoms with Crippen LogP contribution >= 0.6 is 0 Å². The number of hydrogen-bond donors (Lipinski definition) is 0. The predicted octanol–water partition coefficient (Wildman–Crippen LogP) is 5.88. The number of methoxy groups -OCH3 is 4. The van der Waals surface area contributed by atoms with Gasteiger partial charge in [0.1, 0.15) is 70.3 Å². The van der Waals surface area contributed by atoms with Gasteiger partial charge in [-0.2, -0.15) is 0 Å². The lowest BCUT2D eigenvalue weighted by Crippen LogP contribution is -2.32. The third-order valence-electron chi connectivity index (χ3n) is 12.6. The molecule has 0 saturated carbocycles. The molecule has 0 spiro atoms. The Kier molecular flexibility index (Phi) is 20.3. The van der Waals surface area contributed by atoms with Crippen molar-refractivity contribution < 1.29 is 64.2 Å². The van der Waals surface area contributed by atoms with Crippen LogP contribution in [-0.2, 0) is 59.6 Å². The Balaban J connectivity index is 0.000000226. The maximum absolute atomic E-state index is 13.9. The van der Waals surface area contributed by atoms with E-state index in [-0.39, 0.29) is 37.1 Å². The van der Waals surface area contributed by atoms with Gasteiger partial charge in [-0.15, -0.1) is 20.4 Å². The molecule has 0 unspecified atom stereocenters. The number of rotatable bonds is 22. The number of nitrogens with zero attached hydrogens (tertiary/aromatic N) is 10. The first-order valence-electron chi connectivity index (χ1n) is 25.3. The number of sulfone groups is 2. The summed E-state index contributed by atoms with van der Waals surface area (Å²) in [5.41, 5.74) is 2.65. The average Bonchev–Trinajstić information content (AvgIpc) is 4.04. The maximum atomic E-state index is 13.9. The highest BCUT2D eigenvalue weighted by Gasteiger charge is 2.39. The standard InChI is InChI=1S/2C26H35N5O7S/c2*1-16(2)38-24(25-27-12-17(3)13-28-25)18(4)39(32,33)15-22-29-30-26(21-14-36-10-11-37-21)31(22)23-19(34-5)8-7-9-20(23)35-6/h2*7-9,12-13,16,18,21,24H,10-11,14-15H2,1-6H3/t18-,21+,24+;18-,21-,24+/m00/s1. The quantitative estimate of drug-likeness (QED) is 0.0767. The van der Waals surface area contributed by atoms with Crippen molar-refractivity contribution in [3.05, 3.63) is 107 Å². The van der Waals surface area contributed by atoms with Crippen molar-refractivity contribution in [2.24, 2.45) is 0 Å². The molecule has 8 rings (SSSR count). The lowest BCUT2D eigenvalue weighted by molar-refractivity contribution is -0.0942. The topological polar surface area (TPSA) is 274 Å². The van der Waals surface area contributed by atoms with Gasteiger partial charge in [-0.3, -0.25) is 9.13 Å². The van der Waals surface area contributed by atoms with E-state index in [9.17, 15) is 16.8 Å². The normalized spacial score (nSPS) is 17.7. The molecule has 6 heterocycles. The maximum Gasteiger partial charge on any atom is 0.169 e. The third kappa shape index (κ3) is 13.9. The second-order valence-corrected chi connectivity index (χ2v) is 23.7. The lowest BCUT2D eigenvalue weighted by Gasteiger charge is -2.26. The number of aromatic nitrogens is 10. The summed E-state index contributed by atoms with van der Waals surface area (Å²) in [5, 5.41) is 15.3. The van der Waals surface area contributed by atoms with E-state index in [1.807, 2.05) is 41.5 Å². The van der Waals surface area contributed by atoms with Crippen LogP contribution in [0.5, 0.6) is 23.0 Å². The molecule has 78 heavy (non-hydrogen) atoms. The first-order chi connectivity index (χ1) is 37.3. The smallest absolute Gasteiger partial charge is 0.169 e. The van der Waals surface area contributed by atoms with Gasteiger partial charge in [0, 0.05) is 24.8 Å². The van der Waals surface area contributed by atoms with E-state index >= 15 is 0 Å². The van der Waals surface area contributed by atoms with Gasteiger partial charge in [0.15, 0.2) is 54.6 Å². The first kappa shape index (κ1) is 59.4. The highest BCUT2D eigenvalue weighted by molar-refractivity contribution is 7.91. The Morgan fingerprint density at radius 2 is 0.859 bits per heavy atom. The number of ether oxygens (including phenoxy) is 10. The number of hydrogen-bond acceptors (Lipinski definition) is 22. The van der Waals surface area contributed by atoms with Crippen molar-refractivity contribution in [2.45, 2.75) is 114 Å². The van der Waals surface area contributed by atoms with Crippen LogP contribution < -0.4 is 18.9 Å². The monoisotopic (exact) mass is 1120 g/mol. The van der Waals surface area contributed by atoms with Crippen LogP contribution in [0, 0.1) is 13.8 Å². The Morgan fingerprint density at radius 1 is 0.526 bits per heavy atom. The van der Waals surface area contributed by atoms with Crippen molar-refractivity contribution >= 4 is 19.7 Å². The Bertz CT molecular complexity index is 2880. The second-order valence-electron chi connectivity index (χ2n) is 19.0. The highest BCUT2D eigenvalue weighted by Crippen LogP contribution is 2.39. The molecule has 4 aromatic heterocycles. The summed E-state index contributed by atoms with van der Waals surface area (Å²) < 4.78 is 116. The van der Waals surface area contributed by atoms with Crippen LogP contribution in [0.1, 0.15) is 112 Å². The fraction of sp³-hybridized carbons (Fsp3) is 0.538. The molecule has 0 radical (unpaired) electrons. The van der Waals surface area contributed by atoms with E-state index < -0.39 is 66.1 Å². The molecule has 0 bridgehead atoms. The SMILES string of the molecule is COc1cccc(OC)c1-n1c(CS(=O)(=O)[C@@H](C)[C@@H](OC(C)C)c2ncc(C)cn2)nnc1[C@@H]1COCCO1.COc1cccc(OC)c1-n1c(CS(=O)(=O)[C@@H](C)[C@@H](OC(C)C)c2ncc(C)cn2)nnc1[C@H]1COCCO1. The molecule has 2 saturated heterocycles. The Labute approximate surface area is 455 Å². The molecule has 2 aromatic carbocycles. The summed E-state index contributed by atoms with van der Waals surface area (Å²) in [6.45, 7) is 16.4. The van der Waals surface area contributed by atoms with E-state index in [1.165, 1.54) is 28.4 Å². The molecule has 2 aliphatic rings. The average molecular weight is 1120 g/mol. The molecule has 6 aromatic rings. The van der Waals surface area contributed by atoms with E-state index in [2.05, 4.69) is 40.3 Å². The van der Waals surface area contributed by atoms with Crippen molar-refractivity contribution in [1.82, 2.24) is 49.5 Å². The Morgan fingerprint density at radius 3 is 1.14 bits per heavy atom. The van der Waals surface area contributed by atoms with Gasteiger partial charge in [0.25, 0.3) is 0 Å². The lowest BCUT2D eigenvalue weighted by atomic mass is 10.2. The predicted molar refractivity (Wildman–Crippen MR) is 284 cm³/mol. The largest absolute Gasteiger partial charge is 0.494 e. The number of aryl methyl sites for hydroxylation is 2. The van der Waals surface area contributed by atoms with E-state index in [4.69, 9.17) is 47.4 Å². The van der Waals surface area contributed by atoms with Crippen LogP contribution in [0.3, 0.4) is 0 Å². The van der Waals surface area contributed by atoms with Crippen LogP contribution in [-0.4, -0.2) is 157 Å². The fourth-order valence-corrected chi connectivity index (χ4v) is 11.3. The van der Waals surface area contributed by atoms with Crippen molar-refractivity contribution in [2.75, 3.05) is 68.1 Å². The van der Waals surface area contributed by atoms with Gasteiger partial charge in [-0.05, 0) is 90.8 Å². The van der Waals surface area contributed by atoms with Crippen LogP contribution in [0.25, 0.3) is 11.4 Å². The fourth-order valence-electron chi connectivity index (χ4n) is 8.58. The van der Waals surface area contributed by atoms with Crippen molar-refractivity contribution in [3.8, 4) is 34.4 Å². The summed E-state index contributed by atoms with van der Waals surface area (Å²) in [7, 11) is -1.67. The van der Waals surface area contributed by atoms with Gasteiger partial charge in [-0.1, -0.05) is 12.1 Å². The van der Waals surface area contributed by atoms with Crippen molar-refractivity contribution in [1.29, 1.82) is 0 Å². The summed E-state index contributed by atoms with van der Waals surface area (Å²) >= 11 is 0. The summed E-state index contributed by atoms with van der Waals surface area (Å²) in [4.78, 5) is 17.4. The van der Waals surface area contributed by atoms with Crippen LogP contribution in [0.15, 0.2) is 61.2 Å². The second kappa shape index (κ2) is 26.6. The molecule has 0 N–H and O–H groups in total. The molecule has 24 nitrogen and oxygen atoms in total. The van der Waals surface area contributed by atoms with Gasteiger partial charge in [0.2, 0.25) is 0 Å². The zero-order valence-electron chi connectivity index (χ0n) is 46.1. The zero-order valence-corrected chi connectivity index (χ0v) is 47.7. The van der Waals surface area contributed by atoms with E-state index in [1.54, 1.807) is 84.2 Å². The molecule has 0 amide bonds. The van der Waals surface area contributed by atoms with Gasteiger partial charge >= 0.3 is 0 Å². The number of para-hydroxylation sites is 2. The van der Waals surface area contributed by atoms with Crippen molar-refractivity contribution in [3.63, 3.8) is 0 Å². The van der Waals surface area contributed by atoms with Gasteiger partial charge < -0.3 is 47.4 Å². The van der Waals surface area contributed by atoms with E-state index in [0.717, 1.165) is 11.1 Å². The highest BCUT2D eigenvalue weighted by atomic mass is 32.2. The molecule has 0 aliphatic carbocycles. The first-order valence-corrected chi connectivity index (χ1v) is 28.8. The van der Waals surface area contributed by atoms with Crippen LogP contribution in [0.2, 0.25) is 0 Å². The summed E-state index contributed by atoms with van der Waals surface area (Å²) in [6.07, 6.45) is 3.15. The third-order valence-corrected chi connectivity index (χ3v) is 16.6. The molecule has 2 fully saturated rings. The van der Waals surface area contributed by atoms with Gasteiger partial charge in [-0.25, -0.2) is 36.8 Å². The zero-order chi connectivity index (χ0) is 56.3. The Hall–Kier alpha value is -6.26. The summed E-state index contributed by atoms with van der Waals surface area (Å²) in [5.74, 6) is 2.61. The van der Waals surface area contributed by atoms with Gasteiger partial charge in [0.05, 0.1) is 90.8 Å². The summed E-state index contributed by atoms with van der Waals surface area (Å²) in [6, 6.07) is 10.6. The molecule has 2 aliphatic heterocycles. The minimum atomic E-state index is -3.89. The molecular weight excluding hydrogens is 1050 g/mol. The molecule has 6 atom stereocenters. The molecule has 26 heteroatoms. The number of benzene rings is 2. The van der Waals surface area contributed by atoms with Crippen LogP contribution in [0.4, 0.5) is 0 Å². The molecule has 424 valence electrons.